The van der Waals surface area contributed by atoms with E-state index in [0.717, 1.165) is 30.3 Å². The summed E-state index contributed by atoms with van der Waals surface area (Å²) < 4.78 is 1.62. The van der Waals surface area contributed by atoms with E-state index in [9.17, 15) is 5.26 Å². The Hall–Kier alpha value is -3.13. The van der Waals surface area contributed by atoms with Gasteiger partial charge in [-0.25, -0.2) is 9.67 Å². The number of halogens is 1. The van der Waals surface area contributed by atoms with Crippen LogP contribution in [-0.2, 0) is 13.0 Å². The lowest BCUT2D eigenvalue weighted by atomic mass is 10.1. The van der Waals surface area contributed by atoms with Gasteiger partial charge in [0.1, 0.15) is 17.5 Å². The van der Waals surface area contributed by atoms with Gasteiger partial charge in [0, 0.05) is 19.3 Å². The van der Waals surface area contributed by atoms with Crippen LogP contribution in [0, 0.1) is 11.3 Å². The van der Waals surface area contributed by atoms with Crippen molar-refractivity contribution < 1.29 is 0 Å². The highest BCUT2D eigenvalue weighted by molar-refractivity contribution is 14.0. The van der Waals surface area contributed by atoms with Gasteiger partial charge in [0.25, 0.3) is 0 Å². The van der Waals surface area contributed by atoms with E-state index in [1.54, 1.807) is 10.9 Å². The Morgan fingerprint density at radius 3 is 2.61 bits per heavy atom. The number of aromatic nitrogens is 3. The van der Waals surface area contributed by atoms with Crippen molar-refractivity contribution in [2.24, 2.45) is 4.99 Å². The maximum absolute atomic E-state index is 9.52. The largest absolute Gasteiger partial charge is 0.382 e. The van der Waals surface area contributed by atoms with E-state index in [4.69, 9.17) is 5.73 Å². The normalized spacial score (nSPS) is 10.8. The monoisotopic (exact) mass is 530 g/mol. The molecule has 0 spiro atoms. The lowest BCUT2D eigenvalue weighted by Crippen LogP contribution is -2.37. The molecule has 3 aromatic rings. The molecule has 0 aliphatic carbocycles. The third-order valence-corrected chi connectivity index (χ3v) is 4.46. The molecule has 9 heteroatoms. The van der Waals surface area contributed by atoms with Gasteiger partial charge >= 0.3 is 0 Å². The SMILES string of the molecule is CCNC(=NCc1ccccn1)NCCCc1nn(-c2ccccc2)c(N)c1C#N.I. The number of hydrogen-bond donors (Lipinski definition) is 3. The van der Waals surface area contributed by atoms with Crippen molar-refractivity contribution in [1.82, 2.24) is 25.4 Å². The molecule has 0 unspecified atom stereocenters. The second kappa shape index (κ2) is 12.5. The van der Waals surface area contributed by atoms with Crippen LogP contribution in [-0.4, -0.2) is 33.8 Å². The number of aryl methyl sites for hydroxylation is 1. The van der Waals surface area contributed by atoms with Crippen molar-refractivity contribution in [3.8, 4) is 11.8 Å². The fraction of sp³-hybridized carbons (Fsp3) is 0.273. The predicted molar refractivity (Wildman–Crippen MR) is 133 cm³/mol. The van der Waals surface area contributed by atoms with Crippen molar-refractivity contribution in [3.05, 3.63) is 71.7 Å². The Balaban J connectivity index is 0.00000341. The average molecular weight is 530 g/mol. The fourth-order valence-corrected chi connectivity index (χ4v) is 3.00. The van der Waals surface area contributed by atoms with Crippen LogP contribution in [0.4, 0.5) is 5.82 Å². The van der Waals surface area contributed by atoms with Gasteiger partial charge in [0.2, 0.25) is 0 Å². The smallest absolute Gasteiger partial charge is 0.191 e. The predicted octanol–water partition coefficient (Wildman–Crippen LogP) is 3.03. The highest BCUT2D eigenvalue weighted by Gasteiger charge is 2.16. The van der Waals surface area contributed by atoms with Crippen molar-refractivity contribution in [3.63, 3.8) is 0 Å². The zero-order chi connectivity index (χ0) is 21.2. The van der Waals surface area contributed by atoms with E-state index in [-0.39, 0.29) is 24.0 Å². The molecule has 0 amide bonds. The van der Waals surface area contributed by atoms with Crippen LogP contribution >= 0.6 is 24.0 Å². The number of nitrogen functional groups attached to an aromatic ring is 1. The van der Waals surface area contributed by atoms with E-state index < -0.39 is 0 Å². The summed E-state index contributed by atoms with van der Waals surface area (Å²) in [6.07, 6.45) is 3.19. The molecule has 1 aromatic carbocycles. The van der Waals surface area contributed by atoms with E-state index in [1.807, 2.05) is 55.5 Å². The number of pyridine rings is 1. The van der Waals surface area contributed by atoms with Crippen molar-refractivity contribution >= 4 is 35.8 Å². The van der Waals surface area contributed by atoms with E-state index >= 15 is 0 Å². The van der Waals surface area contributed by atoms with Gasteiger partial charge < -0.3 is 16.4 Å². The maximum Gasteiger partial charge on any atom is 0.191 e. The Labute approximate surface area is 199 Å². The number of nitrogens with one attached hydrogen (secondary N) is 2. The molecule has 0 atom stereocenters. The number of para-hydroxylation sites is 1. The number of guanidine groups is 1. The summed E-state index contributed by atoms with van der Waals surface area (Å²) in [6.45, 7) is 3.99. The molecule has 2 aromatic heterocycles. The molecule has 0 fully saturated rings. The zero-order valence-electron chi connectivity index (χ0n) is 17.5. The minimum atomic E-state index is 0. The summed E-state index contributed by atoms with van der Waals surface area (Å²) in [5, 5.41) is 20.6. The van der Waals surface area contributed by atoms with Gasteiger partial charge in [-0.05, 0) is 44.0 Å². The molecule has 0 bridgehead atoms. The summed E-state index contributed by atoms with van der Waals surface area (Å²) in [7, 11) is 0. The Morgan fingerprint density at radius 2 is 1.94 bits per heavy atom. The number of rotatable bonds is 8. The van der Waals surface area contributed by atoms with Gasteiger partial charge in [-0.15, -0.1) is 24.0 Å². The lowest BCUT2D eigenvalue weighted by molar-refractivity contribution is 0.722. The van der Waals surface area contributed by atoms with E-state index in [2.05, 4.69) is 31.8 Å². The summed E-state index contributed by atoms with van der Waals surface area (Å²) in [6, 6.07) is 17.6. The first-order chi connectivity index (χ1) is 14.7. The van der Waals surface area contributed by atoms with Gasteiger partial charge in [0.05, 0.1) is 23.6 Å². The van der Waals surface area contributed by atoms with Crippen LogP contribution in [0.25, 0.3) is 5.69 Å². The first kappa shape index (κ1) is 24.1. The number of nitrogens with two attached hydrogens (primary N) is 1. The summed E-state index contributed by atoms with van der Waals surface area (Å²) in [5.41, 5.74) is 9.06. The number of nitrogens with zero attached hydrogens (tertiary/aromatic N) is 5. The molecule has 162 valence electrons. The first-order valence-corrected chi connectivity index (χ1v) is 9.98. The molecule has 8 nitrogen and oxygen atoms in total. The molecule has 4 N–H and O–H groups in total. The molecule has 0 radical (unpaired) electrons. The summed E-state index contributed by atoms with van der Waals surface area (Å²) in [4.78, 5) is 8.85. The third kappa shape index (κ3) is 6.68. The highest BCUT2D eigenvalue weighted by Crippen LogP contribution is 2.21. The highest BCUT2D eigenvalue weighted by atomic mass is 127. The minimum absolute atomic E-state index is 0. The Bertz CT molecular complexity index is 1010. The first-order valence-electron chi connectivity index (χ1n) is 9.98. The zero-order valence-corrected chi connectivity index (χ0v) is 19.8. The summed E-state index contributed by atoms with van der Waals surface area (Å²) >= 11 is 0. The van der Waals surface area contributed by atoms with Gasteiger partial charge in [-0.3, -0.25) is 4.98 Å². The standard InChI is InChI=1S/C22H26N8.HI/c1-2-25-22(28-16-17-9-6-7-13-26-17)27-14-8-12-20-19(15-23)21(24)30(29-20)18-10-4-3-5-11-18;/h3-7,9-11,13H,2,8,12,14,16,24H2,1H3,(H2,25,27,28);1H. The minimum Gasteiger partial charge on any atom is -0.382 e. The van der Waals surface area contributed by atoms with Crippen LogP contribution in [0.1, 0.15) is 30.3 Å². The van der Waals surface area contributed by atoms with Crippen molar-refractivity contribution in [2.75, 3.05) is 18.8 Å². The van der Waals surface area contributed by atoms with E-state index in [1.165, 1.54) is 0 Å². The molecule has 0 aliphatic heterocycles. The number of hydrogen-bond acceptors (Lipinski definition) is 5. The van der Waals surface area contributed by atoms with E-state index in [0.29, 0.717) is 36.6 Å². The second-order valence-electron chi connectivity index (χ2n) is 6.61. The molecule has 2 heterocycles. The number of nitriles is 1. The van der Waals surface area contributed by atoms with Crippen molar-refractivity contribution in [2.45, 2.75) is 26.3 Å². The van der Waals surface area contributed by atoms with Crippen molar-refractivity contribution in [1.29, 1.82) is 5.26 Å². The molecule has 0 saturated heterocycles. The van der Waals surface area contributed by atoms with Crippen LogP contribution < -0.4 is 16.4 Å². The van der Waals surface area contributed by atoms with Crippen LogP contribution in [0.2, 0.25) is 0 Å². The van der Waals surface area contributed by atoms with Gasteiger partial charge in [-0.2, -0.15) is 10.4 Å². The summed E-state index contributed by atoms with van der Waals surface area (Å²) in [5.74, 6) is 1.11. The average Bonchev–Trinajstić information content (AvgIpc) is 3.11. The fourth-order valence-electron chi connectivity index (χ4n) is 3.00. The van der Waals surface area contributed by atoms with Crippen LogP contribution in [0.15, 0.2) is 59.7 Å². The number of aliphatic imine (C=N–C) groups is 1. The van der Waals surface area contributed by atoms with Crippen LogP contribution in [0.5, 0.6) is 0 Å². The Kier molecular flexibility index (Phi) is 9.77. The van der Waals surface area contributed by atoms with Gasteiger partial charge in [0.15, 0.2) is 5.96 Å². The molecule has 0 aliphatic rings. The maximum atomic E-state index is 9.52. The van der Waals surface area contributed by atoms with Gasteiger partial charge in [-0.1, -0.05) is 24.3 Å². The van der Waals surface area contributed by atoms with Crippen LogP contribution in [0.3, 0.4) is 0 Å². The molecule has 31 heavy (non-hydrogen) atoms. The number of anilines is 1. The number of benzene rings is 1. The molecular weight excluding hydrogens is 503 g/mol. The third-order valence-electron chi connectivity index (χ3n) is 4.46. The molecule has 3 rings (SSSR count). The quantitative estimate of drug-likeness (QED) is 0.179. The Morgan fingerprint density at radius 1 is 1.16 bits per heavy atom. The second-order valence-corrected chi connectivity index (χ2v) is 6.61. The molecule has 0 saturated carbocycles. The molecular formula is C22H27IN8. The topological polar surface area (TPSA) is 117 Å². The lowest BCUT2D eigenvalue weighted by Gasteiger charge is -2.10.